The Bertz CT molecular complexity index is 2670. The van der Waals surface area contributed by atoms with Crippen molar-refractivity contribution in [2.24, 2.45) is 0 Å². The maximum atomic E-state index is 2.48. The zero-order chi connectivity index (χ0) is 29.9. The van der Waals surface area contributed by atoms with Crippen LogP contribution in [-0.4, -0.2) is 9.13 Å². The molecule has 45 heavy (non-hydrogen) atoms. The number of para-hydroxylation sites is 3. The van der Waals surface area contributed by atoms with Gasteiger partial charge in [-0.2, -0.15) is 0 Å². The standard InChI is InChI=1S/C43H30N2/c1-43(2)35-23-25-39-41(40(35)33-22-20-27-12-6-7-15-30(27)42(33)43)32-17-9-11-19-37(32)45(39)29-21-24-38-34(26-29)31-16-8-10-18-36(31)44(38)28-13-4-3-5-14-28/h3-26H,1-2H3. The highest BCUT2D eigenvalue weighted by Crippen LogP contribution is 2.55. The van der Waals surface area contributed by atoms with Gasteiger partial charge < -0.3 is 9.13 Å². The van der Waals surface area contributed by atoms with Crippen LogP contribution in [0.15, 0.2) is 146 Å². The second-order valence-electron chi connectivity index (χ2n) is 13.0. The molecule has 7 aromatic carbocycles. The van der Waals surface area contributed by atoms with E-state index in [1.54, 1.807) is 0 Å². The number of hydrogen-bond donors (Lipinski definition) is 0. The summed E-state index contributed by atoms with van der Waals surface area (Å²) < 4.78 is 4.86. The third-order valence-electron chi connectivity index (χ3n) is 10.3. The van der Waals surface area contributed by atoms with E-state index in [-0.39, 0.29) is 5.41 Å². The summed E-state index contributed by atoms with van der Waals surface area (Å²) in [6, 6.07) is 53.6. The van der Waals surface area contributed by atoms with Crippen LogP contribution in [0, 0.1) is 0 Å². The minimum absolute atomic E-state index is 0.0961. The second kappa shape index (κ2) is 8.74. The molecule has 2 aromatic heterocycles. The van der Waals surface area contributed by atoms with Gasteiger partial charge in [-0.15, -0.1) is 0 Å². The van der Waals surface area contributed by atoms with Gasteiger partial charge in [0, 0.05) is 38.3 Å². The van der Waals surface area contributed by atoms with Gasteiger partial charge in [0.25, 0.3) is 0 Å². The number of benzene rings is 7. The van der Waals surface area contributed by atoms with Crippen molar-refractivity contribution in [1.29, 1.82) is 0 Å². The fourth-order valence-corrected chi connectivity index (χ4v) is 8.38. The van der Waals surface area contributed by atoms with Crippen molar-refractivity contribution in [3.8, 4) is 22.5 Å². The molecular weight excluding hydrogens is 544 g/mol. The normalized spacial score (nSPS) is 13.7. The zero-order valence-corrected chi connectivity index (χ0v) is 25.3. The zero-order valence-electron chi connectivity index (χ0n) is 25.3. The number of hydrogen-bond acceptors (Lipinski definition) is 0. The summed E-state index contributed by atoms with van der Waals surface area (Å²) in [7, 11) is 0. The van der Waals surface area contributed by atoms with E-state index < -0.39 is 0 Å². The molecule has 0 aliphatic heterocycles. The van der Waals surface area contributed by atoms with Gasteiger partial charge in [0.05, 0.1) is 22.1 Å². The maximum Gasteiger partial charge on any atom is 0.0547 e. The molecule has 10 rings (SSSR count). The molecule has 0 N–H and O–H groups in total. The Labute approximate surface area is 261 Å². The van der Waals surface area contributed by atoms with Gasteiger partial charge in [0.15, 0.2) is 0 Å². The van der Waals surface area contributed by atoms with Gasteiger partial charge in [0.1, 0.15) is 0 Å². The van der Waals surface area contributed by atoms with Crippen LogP contribution < -0.4 is 0 Å². The molecule has 2 nitrogen and oxygen atoms in total. The Morgan fingerprint density at radius 2 is 1.07 bits per heavy atom. The molecule has 0 spiro atoms. The van der Waals surface area contributed by atoms with Crippen molar-refractivity contribution in [1.82, 2.24) is 9.13 Å². The molecule has 1 aliphatic carbocycles. The van der Waals surface area contributed by atoms with Crippen molar-refractivity contribution < 1.29 is 0 Å². The van der Waals surface area contributed by atoms with Gasteiger partial charge in [-0.3, -0.25) is 0 Å². The Morgan fingerprint density at radius 3 is 1.89 bits per heavy atom. The first kappa shape index (κ1) is 24.8. The lowest BCUT2D eigenvalue weighted by Gasteiger charge is -2.23. The molecule has 1 aliphatic rings. The van der Waals surface area contributed by atoms with Gasteiger partial charge >= 0.3 is 0 Å². The quantitative estimate of drug-likeness (QED) is 0.194. The first-order valence-corrected chi connectivity index (χ1v) is 15.8. The molecule has 0 unspecified atom stereocenters. The van der Waals surface area contributed by atoms with E-state index in [1.165, 1.54) is 88.0 Å². The van der Waals surface area contributed by atoms with E-state index in [0.29, 0.717) is 0 Å². The fourth-order valence-electron chi connectivity index (χ4n) is 8.38. The monoisotopic (exact) mass is 574 g/mol. The molecule has 0 amide bonds. The summed E-state index contributed by atoms with van der Waals surface area (Å²) in [4.78, 5) is 0. The van der Waals surface area contributed by atoms with E-state index in [4.69, 9.17) is 0 Å². The average Bonchev–Trinajstić information content (AvgIpc) is 3.68. The summed E-state index contributed by atoms with van der Waals surface area (Å²) in [5.41, 5.74) is 12.8. The molecule has 0 saturated heterocycles. The van der Waals surface area contributed by atoms with Crippen molar-refractivity contribution in [3.63, 3.8) is 0 Å². The van der Waals surface area contributed by atoms with Gasteiger partial charge in [-0.1, -0.05) is 111 Å². The molecule has 0 saturated carbocycles. The van der Waals surface area contributed by atoms with Crippen LogP contribution in [0.4, 0.5) is 0 Å². The molecule has 2 heterocycles. The van der Waals surface area contributed by atoms with Crippen molar-refractivity contribution in [2.75, 3.05) is 0 Å². The number of rotatable bonds is 2. The summed E-state index contributed by atoms with van der Waals surface area (Å²) in [6.07, 6.45) is 0. The van der Waals surface area contributed by atoms with Gasteiger partial charge in [-0.05, 0) is 81.6 Å². The third kappa shape index (κ3) is 3.18. The van der Waals surface area contributed by atoms with Crippen LogP contribution in [0.1, 0.15) is 25.0 Å². The Balaban J connectivity index is 1.30. The molecule has 2 heteroatoms. The number of aromatic nitrogens is 2. The predicted molar refractivity (Wildman–Crippen MR) is 190 cm³/mol. The van der Waals surface area contributed by atoms with Crippen molar-refractivity contribution in [3.05, 3.63) is 157 Å². The van der Waals surface area contributed by atoms with Crippen LogP contribution in [0.25, 0.3) is 76.9 Å². The first-order chi connectivity index (χ1) is 22.1. The van der Waals surface area contributed by atoms with Crippen molar-refractivity contribution >= 4 is 54.4 Å². The lowest BCUT2D eigenvalue weighted by atomic mass is 9.80. The highest BCUT2D eigenvalue weighted by Gasteiger charge is 2.38. The SMILES string of the molecule is CC1(C)c2ccc3c(c2-c2ccc4ccccc4c21)c1ccccc1n3-c1ccc2c(c1)c1ccccc1n2-c1ccccc1. The number of nitrogens with zero attached hydrogens (tertiary/aromatic N) is 2. The topological polar surface area (TPSA) is 9.86 Å². The van der Waals surface area contributed by atoms with Crippen LogP contribution in [0.2, 0.25) is 0 Å². The largest absolute Gasteiger partial charge is 0.309 e. The highest BCUT2D eigenvalue weighted by molar-refractivity contribution is 6.19. The highest BCUT2D eigenvalue weighted by atomic mass is 15.0. The summed E-state index contributed by atoms with van der Waals surface area (Å²) in [5.74, 6) is 0. The Hall–Kier alpha value is -5.60. The van der Waals surface area contributed by atoms with Crippen LogP contribution in [-0.2, 0) is 5.41 Å². The lowest BCUT2D eigenvalue weighted by molar-refractivity contribution is 0.666. The molecular formula is C43H30N2. The van der Waals surface area contributed by atoms with E-state index in [0.717, 1.165) is 0 Å². The van der Waals surface area contributed by atoms with Crippen LogP contribution in [0.5, 0.6) is 0 Å². The van der Waals surface area contributed by atoms with E-state index in [1.807, 2.05) is 0 Å². The smallest absolute Gasteiger partial charge is 0.0547 e. The van der Waals surface area contributed by atoms with Gasteiger partial charge in [0.2, 0.25) is 0 Å². The van der Waals surface area contributed by atoms with Crippen LogP contribution >= 0.6 is 0 Å². The van der Waals surface area contributed by atoms with Gasteiger partial charge in [-0.25, -0.2) is 0 Å². The van der Waals surface area contributed by atoms with E-state index in [9.17, 15) is 0 Å². The minimum atomic E-state index is -0.0961. The summed E-state index contributed by atoms with van der Waals surface area (Å²) in [5, 5.41) is 7.83. The van der Waals surface area contributed by atoms with Crippen molar-refractivity contribution in [2.45, 2.75) is 19.3 Å². The molecule has 9 aromatic rings. The minimum Gasteiger partial charge on any atom is -0.309 e. The average molecular weight is 575 g/mol. The molecule has 0 bridgehead atoms. The molecule has 0 radical (unpaired) electrons. The maximum absolute atomic E-state index is 2.48. The molecule has 212 valence electrons. The fraction of sp³-hybridized carbons (Fsp3) is 0.0698. The molecule has 0 atom stereocenters. The van der Waals surface area contributed by atoms with E-state index in [2.05, 4.69) is 169 Å². The Kier molecular flexibility index (Phi) is 4.82. The summed E-state index contributed by atoms with van der Waals surface area (Å²) in [6.45, 7) is 4.79. The number of fused-ring (bicyclic) bond motifs is 12. The van der Waals surface area contributed by atoms with E-state index >= 15 is 0 Å². The van der Waals surface area contributed by atoms with Crippen LogP contribution in [0.3, 0.4) is 0 Å². The third-order valence-corrected chi connectivity index (χ3v) is 10.3. The predicted octanol–water partition coefficient (Wildman–Crippen LogP) is 11.3. The Morgan fingerprint density at radius 1 is 0.444 bits per heavy atom. The molecule has 0 fully saturated rings. The summed E-state index contributed by atoms with van der Waals surface area (Å²) >= 11 is 0. The first-order valence-electron chi connectivity index (χ1n) is 15.8. The second-order valence-corrected chi connectivity index (χ2v) is 13.0. The lowest BCUT2D eigenvalue weighted by Crippen LogP contribution is -2.15.